The summed E-state index contributed by atoms with van der Waals surface area (Å²) in [5, 5.41) is 0. The minimum Gasteiger partial charge on any atom is -0.376 e. The van der Waals surface area contributed by atoms with Gasteiger partial charge in [0.15, 0.2) is 0 Å². The predicted molar refractivity (Wildman–Crippen MR) is 88.1 cm³/mol. The van der Waals surface area contributed by atoms with Crippen LogP contribution in [0.1, 0.15) is 31.0 Å². The Bertz CT molecular complexity index is 510. The van der Waals surface area contributed by atoms with Gasteiger partial charge in [0.1, 0.15) is 0 Å². The first-order valence-electron chi connectivity index (χ1n) is 7.64. The highest BCUT2D eigenvalue weighted by Gasteiger charge is 2.23. The van der Waals surface area contributed by atoms with Crippen LogP contribution in [0.25, 0.3) is 0 Å². The van der Waals surface area contributed by atoms with Gasteiger partial charge in [0.05, 0.1) is 18.8 Å². The Balaban J connectivity index is 1.93. The predicted octanol–water partition coefficient (Wildman–Crippen LogP) is 3.97. The Labute approximate surface area is 127 Å². The summed E-state index contributed by atoms with van der Waals surface area (Å²) in [4.78, 5) is 0. The van der Waals surface area contributed by atoms with E-state index >= 15 is 0 Å². The molecule has 2 aromatic rings. The molecule has 2 nitrogen and oxygen atoms in total. The molecule has 0 amide bonds. The second kappa shape index (κ2) is 7.96. The third-order valence-corrected chi connectivity index (χ3v) is 3.74. The van der Waals surface area contributed by atoms with Gasteiger partial charge in [-0.05, 0) is 23.5 Å². The standard InChI is InChI=1S/C19H25NO/c1-15(2)19(18(20)17-11-7-4-8-12-17)21-14-13-16-9-5-3-6-10-16/h3-12,15,18-19H,13-14,20H2,1-2H3. The molecule has 0 bridgehead atoms. The molecular weight excluding hydrogens is 258 g/mol. The van der Waals surface area contributed by atoms with Gasteiger partial charge < -0.3 is 10.5 Å². The molecule has 0 aliphatic rings. The maximum atomic E-state index is 6.39. The zero-order valence-corrected chi connectivity index (χ0v) is 12.9. The highest BCUT2D eigenvalue weighted by molar-refractivity contribution is 5.20. The Hall–Kier alpha value is -1.64. The fourth-order valence-electron chi connectivity index (χ4n) is 2.53. The van der Waals surface area contributed by atoms with Crippen molar-refractivity contribution in [2.24, 2.45) is 11.7 Å². The Kier molecular flexibility index (Phi) is 5.97. The molecule has 0 aliphatic heterocycles. The van der Waals surface area contributed by atoms with Crippen molar-refractivity contribution in [1.82, 2.24) is 0 Å². The number of hydrogen-bond donors (Lipinski definition) is 1. The first kappa shape index (κ1) is 15.7. The summed E-state index contributed by atoms with van der Waals surface area (Å²) in [6, 6.07) is 20.5. The molecule has 0 spiro atoms. The lowest BCUT2D eigenvalue weighted by Gasteiger charge is -2.28. The van der Waals surface area contributed by atoms with Crippen LogP contribution < -0.4 is 5.73 Å². The molecule has 21 heavy (non-hydrogen) atoms. The van der Waals surface area contributed by atoms with Crippen LogP contribution in [0.4, 0.5) is 0 Å². The molecule has 2 rings (SSSR count). The molecule has 0 fully saturated rings. The molecule has 2 unspecified atom stereocenters. The van der Waals surface area contributed by atoms with Crippen LogP contribution in [0.5, 0.6) is 0 Å². The lowest BCUT2D eigenvalue weighted by molar-refractivity contribution is 0.00627. The summed E-state index contributed by atoms with van der Waals surface area (Å²) < 4.78 is 6.10. The fraction of sp³-hybridized carbons (Fsp3) is 0.368. The lowest BCUT2D eigenvalue weighted by atomic mass is 9.94. The SMILES string of the molecule is CC(C)C(OCCc1ccccc1)C(N)c1ccccc1. The lowest BCUT2D eigenvalue weighted by Crippen LogP contribution is -2.34. The monoisotopic (exact) mass is 283 g/mol. The maximum absolute atomic E-state index is 6.39. The van der Waals surface area contributed by atoms with Crippen molar-refractivity contribution in [3.8, 4) is 0 Å². The van der Waals surface area contributed by atoms with Gasteiger partial charge in [-0.25, -0.2) is 0 Å². The summed E-state index contributed by atoms with van der Waals surface area (Å²) in [7, 11) is 0. The molecule has 2 aromatic carbocycles. The van der Waals surface area contributed by atoms with Gasteiger partial charge in [-0.2, -0.15) is 0 Å². The van der Waals surface area contributed by atoms with Gasteiger partial charge in [-0.1, -0.05) is 74.5 Å². The Morgan fingerprint density at radius 3 is 2.05 bits per heavy atom. The van der Waals surface area contributed by atoms with Crippen molar-refractivity contribution in [3.63, 3.8) is 0 Å². The summed E-state index contributed by atoms with van der Waals surface area (Å²) in [5.74, 6) is 0.385. The average molecular weight is 283 g/mol. The first-order valence-corrected chi connectivity index (χ1v) is 7.64. The summed E-state index contributed by atoms with van der Waals surface area (Å²) in [6.07, 6.45) is 0.960. The number of ether oxygens (including phenoxy) is 1. The van der Waals surface area contributed by atoms with Gasteiger partial charge in [0.2, 0.25) is 0 Å². The molecule has 2 atom stereocenters. The van der Waals surface area contributed by atoms with Gasteiger partial charge >= 0.3 is 0 Å². The normalized spacial score (nSPS) is 14.1. The van der Waals surface area contributed by atoms with Gasteiger partial charge in [0.25, 0.3) is 0 Å². The summed E-state index contributed by atoms with van der Waals surface area (Å²) in [5.41, 5.74) is 8.83. The van der Waals surface area contributed by atoms with Crippen molar-refractivity contribution in [3.05, 3.63) is 71.8 Å². The minimum atomic E-state index is -0.0815. The van der Waals surface area contributed by atoms with Crippen molar-refractivity contribution >= 4 is 0 Å². The van der Waals surface area contributed by atoms with E-state index in [1.807, 2.05) is 24.3 Å². The zero-order valence-electron chi connectivity index (χ0n) is 12.9. The average Bonchev–Trinajstić information content (AvgIpc) is 2.52. The molecule has 0 heterocycles. The van der Waals surface area contributed by atoms with E-state index in [4.69, 9.17) is 10.5 Å². The summed E-state index contributed by atoms with van der Waals surface area (Å²) in [6.45, 7) is 5.03. The third-order valence-electron chi connectivity index (χ3n) is 3.74. The molecule has 0 saturated heterocycles. The topological polar surface area (TPSA) is 35.2 Å². The van der Waals surface area contributed by atoms with E-state index in [0.717, 1.165) is 12.0 Å². The zero-order chi connectivity index (χ0) is 15.1. The fourth-order valence-corrected chi connectivity index (χ4v) is 2.53. The number of benzene rings is 2. The molecule has 2 heteroatoms. The highest BCUT2D eigenvalue weighted by atomic mass is 16.5. The number of hydrogen-bond acceptors (Lipinski definition) is 2. The van der Waals surface area contributed by atoms with Gasteiger partial charge in [0, 0.05) is 0 Å². The first-order chi connectivity index (χ1) is 10.2. The van der Waals surface area contributed by atoms with Crippen LogP contribution in [-0.2, 0) is 11.2 Å². The van der Waals surface area contributed by atoms with Crippen LogP contribution in [0.15, 0.2) is 60.7 Å². The molecular formula is C19H25NO. The second-order valence-electron chi connectivity index (χ2n) is 5.75. The van der Waals surface area contributed by atoms with Gasteiger partial charge in [-0.3, -0.25) is 0 Å². The van der Waals surface area contributed by atoms with Crippen LogP contribution in [-0.4, -0.2) is 12.7 Å². The third kappa shape index (κ3) is 4.69. The smallest absolute Gasteiger partial charge is 0.0790 e. The van der Waals surface area contributed by atoms with Crippen molar-refractivity contribution in [2.75, 3.05) is 6.61 Å². The van der Waals surface area contributed by atoms with Crippen molar-refractivity contribution in [1.29, 1.82) is 0 Å². The highest BCUT2D eigenvalue weighted by Crippen LogP contribution is 2.22. The van der Waals surface area contributed by atoms with E-state index in [0.29, 0.717) is 12.5 Å². The molecule has 0 saturated carbocycles. The minimum absolute atomic E-state index is 0.0381. The van der Waals surface area contributed by atoms with E-state index in [2.05, 4.69) is 50.2 Å². The van der Waals surface area contributed by atoms with Crippen LogP contribution in [0, 0.1) is 5.92 Å². The largest absolute Gasteiger partial charge is 0.376 e. The quantitative estimate of drug-likeness (QED) is 0.834. The van der Waals surface area contributed by atoms with Crippen LogP contribution in [0.2, 0.25) is 0 Å². The van der Waals surface area contributed by atoms with E-state index in [1.165, 1.54) is 5.56 Å². The number of nitrogens with two attached hydrogens (primary N) is 1. The van der Waals surface area contributed by atoms with Crippen LogP contribution >= 0.6 is 0 Å². The molecule has 0 radical (unpaired) electrons. The molecule has 2 N–H and O–H groups in total. The van der Waals surface area contributed by atoms with E-state index in [1.54, 1.807) is 0 Å². The van der Waals surface area contributed by atoms with Crippen molar-refractivity contribution < 1.29 is 4.74 Å². The Morgan fingerprint density at radius 1 is 0.905 bits per heavy atom. The van der Waals surface area contributed by atoms with Crippen molar-refractivity contribution in [2.45, 2.75) is 32.4 Å². The Morgan fingerprint density at radius 2 is 1.48 bits per heavy atom. The van der Waals surface area contributed by atoms with Crippen LogP contribution in [0.3, 0.4) is 0 Å². The number of rotatable bonds is 7. The summed E-state index contributed by atoms with van der Waals surface area (Å²) >= 11 is 0. The van der Waals surface area contributed by atoms with Gasteiger partial charge in [-0.15, -0.1) is 0 Å². The maximum Gasteiger partial charge on any atom is 0.0790 e. The van der Waals surface area contributed by atoms with E-state index in [-0.39, 0.29) is 12.1 Å². The molecule has 112 valence electrons. The second-order valence-corrected chi connectivity index (χ2v) is 5.75. The van der Waals surface area contributed by atoms with E-state index < -0.39 is 0 Å². The molecule has 0 aliphatic carbocycles. The molecule has 0 aromatic heterocycles. The van der Waals surface area contributed by atoms with E-state index in [9.17, 15) is 0 Å².